The van der Waals surface area contributed by atoms with Gasteiger partial charge in [0, 0.05) is 24.2 Å². The number of phenolic OH excluding ortho intramolecular Hbond substituents is 1. The number of fused-ring (bicyclic) bond motifs is 1. The molecule has 1 N–H and O–H groups in total. The van der Waals surface area contributed by atoms with Gasteiger partial charge in [-0.15, -0.1) is 0 Å². The van der Waals surface area contributed by atoms with Gasteiger partial charge < -0.3 is 10.0 Å². The highest BCUT2D eigenvalue weighted by Gasteiger charge is 2.43. The fraction of sp³-hybridized carbons (Fsp3) is 0.429. The highest BCUT2D eigenvalue weighted by molar-refractivity contribution is 7.90. The molecule has 138 valence electrons. The number of phenols is 1. The zero-order valence-corrected chi connectivity index (χ0v) is 16.4. The van der Waals surface area contributed by atoms with Crippen LogP contribution in [0.1, 0.15) is 36.0 Å². The number of sulfone groups is 1. The molecule has 0 unspecified atom stereocenters. The zero-order valence-electron chi connectivity index (χ0n) is 15.5. The van der Waals surface area contributed by atoms with Gasteiger partial charge in [0.2, 0.25) is 0 Å². The summed E-state index contributed by atoms with van der Waals surface area (Å²) < 4.78 is 23.5. The molecule has 1 aliphatic carbocycles. The molecule has 0 amide bonds. The van der Waals surface area contributed by atoms with Crippen molar-refractivity contribution in [1.29, 1.82) is 0 Å². The van der Waals surface area contributed by atoms with Gasteiger partial charge in [-0.25, -0.2) is 8.42 Å². The average Bonchev–Trinajstić information content (AvgIpc) is 2.56. The van der Waals surface area contributed by atoms with Crippen LogP contribution in [-0.4, -0.2) is 26.3 Å². The Morgan fingerprint density at radius 3 is 2.27 bits per heavy atom. The maximum Gasteiger partial charge on any atom is 0.175 e. The summed E-state index contributed by atoms with van der Waals surface area (Å²) in [6, 6.07) is 9.11. The molecule has 5 heteroatoms. The Hall–Kier alpha value is -2.01. The van der Waals surface area contributed by atoms with Gasteiger partial charge in [-0.2, -0.15) is 0 Å². The summed E-state index contributed by atoms with van der Waals surface area (Å²) in [4.78, 5) is 2.67. The first-order valence-corrected chi connectivity index (χ1v) is 11.0. The van der Waals surface area contributed by atoms with E-state index in [2.05, 4.69) is 11.8 Å². The number of rotatable bonds is 2. The molecule has 4 rings (SSSR count). The summed E-state index contributed by atoms with van der Waals surface area (Å²) in [7, 11) is -3.20. The molecule has 26 heavy (non-hydrogen) atoms. The number of benzene rings is 2. The summed E-state index contributed by atoms with van der Waals surface area (Å²) in [5.74, 6) is 0.366. The van der Waals surface area contributed by atoms with Crippen LogP contribution in [0, 0.1) is 19.3 Å². The molecule has 1 heterocycles. The van der Waals surface area contributed by atoms with E-state index in [4.69, 9.17) is 0 Å². The summed E-state index contributed by atoms with van der Waals surface area (Å²) >= 11 is 0. The van der Waals surface area contributed by atoms with Crippen LogP contribution in [0.25, 0.3) is 0 Å². The number of aromatic hydroxyl groups is 1. The fourth-order valence-corrected chi connectivity index (χ4v) is 5.07. The van der Waals surface area contributed by atoms with E-state index in [1.165, 1.54) is 36.8 Å². The molecule has 0 radical (unpaired) electrons. The van der Waals surface area contributed by atoms with Gasteiger partial charge in [0.15, 0.2) is 9.84 Å². The fourth-order valence-electron chi connectivity index (χ4n) is 4.44. The molecule has 1 spiro atoms. The molecular formula is C21H25NO3S. The van der Waals surface area contributed by atoms with Crippen molar-refractivity contribution in [1.82, 2.24) is 0 Å². The van der Waals surface area contributed by atoms with Crippen molar-refractivity contribution >= 4 is 21.2 Å². The molecular weight excluding hydrogens is 346 g/mol. The summed E-state index contributed by atoms with van der Waals surface area (Å²) in [5.41, 5.74) is 5.66. The third-order valence-electron chi connectivity index (χ3n) is 6.24. The molecule has 1 aliphatic heterocycles. The molecule has 0 saturated heterocycles. The Morgan fingerprint density at radius 1 is 1.08 bits per heavy atom. The third kappa shape index (κ3) is 2.69. The number of hydrogen-bond acceptors (Lipinski definition) is 4. The maximum atomic E-state index is 11.8. The topological polar surface area (TPSA) is 57.6 Å². The van der Waals surface area contributed by atoms with Crippen molar-refractivity contribution in [2.75, 3.05) is 17.7 Å². The van der Waals surface area contributed by atoms with Crippen LogP contribution < -0.4 is 4.90 Å². The largest absolute Gasteiger partial charge is 0.508 e. The molecule has 1 fully saturated rings. The number of hydrogen-bond donors (Lipinski definition) is 1. The van der Waals surface area contributed by atoms with Gasteiger partial charge >= 0.3 is 0 Å². The standard InChI is InChI=1S/C21H25NO3S/c1-14-15(2)20-16(11-19(14)23)12-21(9-4-10-21)13-22(20)17-5-7-18(8-6-17)26(3,24)25/h5-8,11,23H,4,9-10,12-13H2,1-3H3. The van der Waals surface area contributed by atoms with E-state index in [9.17, 15) is 13.5 Å². The number of anilines is 2. The minimum absolute atomic E-state index is 0.274. The van der Waals surface area contributed by atoms with Crippen LogP contribution in [0.4, 0.5) is 11.4 Å². The van der Waals surface area contributed by atoms with Gasteiger partial charge in [0.25, 0.3) is 0 Å². The third-order valence-corrected chi connectivity index (χ3v) is 7.37. The van der Waals surface area contributed by atoms with E-state index >= 15 is 0 Å². The van der Waals surface area contributed by atoms with Crippen molar-refractivity contribution in [2.45, 2.75) is 44.4 Å². The number of nitrogens with zero attached hydrogens (tertiary/aromatic N) is 1. The smallest absolute Gasteiger partial charge is 0.175 e. The van der Waals surface area contributed by atoms with Gasteiger partial charge in [-0.3, -0.25) is 0 Å². The average molecular weight is 372 g/mol. The normalized spacial score (nSPS) is 18.5. The Kier molecular flexibility index (Phi) is 3.85. The molecule has 0 atom stereocenters. The monoisotopic (exact) mass is 371 g/mol. The summed E-state index contributed by atoms with van der Waals surface area (Å²) in [6.45, 7) is 4.96. The van der Waals surface area contributed by atoms with Crippen LogP contribution >= 0.6 is 0 Å². The van der Waals surface area contributed by atoms with Crippen LogP contribution in [0.2, 0.25) is 0 Å². The van der Waals surface area contributed by atoms with E-state index < -0.39 is 9.84 Å². The highest BCUT2D eigenvalue weighted by Crippen LogP contribution is 2.53. The molecule has 2 aliphatic rings. The lowest BCUT2D eigenvalue weighted by Crippen LogP contribution is -2.46. The van der Waals surface area contributed by atoms with E-state index in [1.807, 2.05) is 25.1 Å². The van der Waals surface area contributed by atoms with Gasteiger partial charge in [0.05, 0.1) is 4.90 Å². The second-order valence-corrected chi connectivity index (χ2v) is 10.1. The van der Waals surface area contributed by atoms with Crippen molar-refractivity contribution in [2.24, 2.45) is 5.41 Å². The summed E-state index contributed by atoms with van der Waals surface area (Å²) in [5, 5.41) is 10.3. The molecule has 0 aromatic heterocycles. The van der Waals surface area contributed by atoms with Crippen molar-refractivity contribution in [3.63, 3.8) is 0 Å². The minimum atomic E-state index is -3.20. The lowest BCUT2D eigenvalue weighted by Gasteiger charge is -2.50. The quantitative estimate of drug-likeness (QED) is 0.856. The first-order chi connectivity index (χ1) is 12.2. The minimum Gasteiger partial charge on any atom is -0.508 e. The molecule has 2 aromatic rings. The van der Waals surface area contributed by atoms with E-state index in [1.54, 1.807) is 12.1 Å². The maximum absolute atomic E-state index is 11.8. The van der Waals surface area contributed by atoms with Crippen LogP contribution in [-0.2, 0) is 16.3 Å². The van der Waals surface area contributed by atoms with Crippen molar-refractivity contribution < 1.29 is 13.5 Å². The van der Waals surface area contributed by atoms with Gasteiger partial charge in [-0.1, -0.05) is 6.42 Å². The van der Waals surface area contributed by atoms with Crippen molar-refractivity contribution in [3.05, 3.63) is 47.0 Å². The Morgan fingerprint density at radius 2 is 1.73 bits per heavy atom. The molecule has 4 nitrogen and oxygen atoms in total. The first-order valence-electron chi connectivity index (χ1n) is 9.10. The van der Waals surface area contributed by atoms with Crippen LogP contribution in [0.15, 0.2) is 35.2 Å². The van der Waals surface area contributed by atoms with Crippen LogP contribution in [0.3, 0.4) is 0 Å². The lowest BCUT2D eigenvalue weighted by molar-refractivity contribution is 0.138. The second kappa shape index (κ2) is 5.74. The molecule has 0 bridgehead atoms. The Bertz CT molecular complexity index is 973. The lowest BCUT2D eigenvalue weighted by atomic mass is 9.63. The van der Waals surface area contributed by atoms with E-state index in [0.717, 1.165) is 29.8 Å². The SMILES string of the molecule is Cc1c(O)cc2c(c1C)N(c1ccc(S(C)(=O)=O)cc1)CC1(CCC1)C2. The Balaban J connectivity index is 1.84. The first kappa shape index (κ1) is 17.4. The van der Waals surface area contributed by atoms with E-state index in [0.29, 0.717) is 10.6 Å². The van der Waals surface area contributed by atoms with E-state index in [-0.39, 0.29) is 5.41 Å². The predicted octanol–water partition coefficient (Wildman–Crippen LogP) is 4.28. The molecule has 1 saturated carbocycles. The Labute approximate surface area is 155 Å². The van der Waals surface area contributed by atoms with Crippen LogP contribution in [0.5, 0.6) is 5.75 Å². The predicted molar refractivity (Wildman–Crippen MR) is 104 cm³/mol. The highest BCUT2D eigenvalue weighted by atomic mass is 32.2. The van der Waals surface area contributed by atoms with Crippen molar-refractivity contribution in [3.8, 4) is 5.75 Å². The second-order valence-electron chi connectivity index (χ2n) is 8.04. The molecule has 2 aromatic carbocycles. The van der Waals surface area contributed by atoms with Gasteiger partial charge in [0.1, 0.15) is 5.75 Å². The van der Waals surface area contributed by atoms with Gasteiger partial charge in [-0.05, 0) is 85.5 Å². The summed E-state index contributed by atoms with van der Waals surface area (Å²) in [6.07, 6.45) is 5.91. The zero-order chi connectivity index (χ0) is 18.7.